The maximum absolute atomic E-state index is 12.9. The summed E-state index contributed by atoms with van der Waals surface area (Å²) in [6, 6.07) is 7.86. The summed E-state index contributed by atoms with van der Waals surface area (Å²) in [5, 5.41) is 4.26. The first-order valence-electron chi connectivity index (χ1n) is 7.25. The molecular weight excluding hydrogens is 304 g/mol. The zero-order valence-corrected chi connectivity index (χ0v) is 13.9. The van der Waals surface area contributed by atoms with E-state index >= 15 is 0 Å². The molecule has 0 aliphatic carbocycles. The van der Waals surface area contributed by atoms with Gasteiger partial charge in [0.15, 0.2) is 0 Å². The van der Waals surface area contributed by atoms with Crippen molar-refractivity contribution in [2.75, 3.05) is 19.6 Å². The highest BCUT2D eigenvalue weighted by atomic mass is 32.2. The number of sulfonamides is 1. The van der Waals surface area contributed by atoms with Gasteiger partial charge in [0.2, 0.25) is 0 Å². The first kappa shape index (κ1) is 15.0. The molecule has 6 heteroatoms. The van der Waals surface area contributed by atoms with Crippen molar-refractivity contribution in [1.82, 2.24) is 9.62 Å². The van der Waals surface area contributed by atoms with Crippen LogP contribution in [0.2, 0.25) is 0 Å². The molecule has 0 radical (unpaired) electrons. The van der Waals surface area contributed by atoms with Gasteiger partial charge >= 0.3 is 0 Å². The molecule has 0 saturated carbocycles. The van der Waals surface area contributed by atoms with Crippen molar-refractivity contribution >= 4 is 31.4 Å². The van der Waals surface area contributed by atoms with Gasteiger partial charge in [0.1, 0.15) is 4.21 Å². The summed E-state index contributed by atoms with van der Waals surface area (Å²) >= 11 is 1.38. The van der Waals surface area contributed by atoms with E-state index in [0.29, 0.717) is 10.8 Å². The third-order valence-corrected chi connectivity index (χ3v) is 7.80. The van der Waals surface area contributed by atoms with Crippen molar-refractivity contribution in [3.8, 4) is 0 Å². The van der Waals surface area contributed by atoms with Crippen LogP contribution < -0.4 is 5.32 Å². The molecule has 0 amide bonds. The van der Waals surface area contributed by atoms with Crippen molar-refractivity contribution in [3.05, 3.63) is 29.8 Å². The van der Waals surface area contributed by atoms with Crippen LogP contribution in [-0.4, -0.2) is 38.4 Å². The Balaban J connectivity index is 2.04. The summed E-state index contributed by atoms with van der Waals surface area (Å²) in [5.41, 5.74) is 1.13. The van der Waals surface area contributed by atoms with Gasteiger partial charge in [0, 0.05) is 23.8 Å². The lowest BCUT2D eigenvalue weighted by atomic mass is 10.2. The molecule has 1 saturated heterocycles. The number of aryl methyl sites for hydroxylation is 1. The average molecular weight is 324 g/mol. The fourth-order valence-corrected chi connectivity index (χ4v) is 6.18. The highest BCUT2D eigenvalue weighted by molar-refractivity contribution is 7.91. The van der Waals surface area contributed by atoms with E-state index in [2.05, 4.69) is 5.32 Å². The minimum atomic E-state index is -3.40. The number of benzene rings is 1. The van der Waals surface area contributed by atoms with Crippen LogP contribution >= 0.6 is 11.3 Å². The van der Waals surface area contributed by atoms with Gasteiger partial charge in [-0.15, -0.1) is 11.3 Å². The Morgan fingerprint density at radius 1 is 1.43 bits per heavy atom. The smallest absolute Gasteiger partial charge is 0.252 e. The largest absolute Gasteiger partial charge is 0.315 e. The zero-order chi connectivity index (χ0) is 15.0. The molecule has 2 heterocycles. The monoisotopic (exact) mass is 324 g/mol. The topological polar surface area (TPSA) is 49.4 Å². The molecular formula is C15H20N2O2S2. The SMILES string of the molecule is CCN(C1CCNC1)S(=O)(=O)c1cc2cccc(C)c2s1. The van der Waals surface area contributed by atoms with E-state index in [1.165, 1.54) is 11.3 Å². The Bertz CT molecular complexity index is 746. The molecule has 1 atom stereocenters. The van der Waals surface area contributed by atoms with Crippen LogP contribution in [0.15, 0.2) is 28.5 Å². The third kappa shape index (κ3) is 2.61. The summed E-state index contributed by atoms with van der Waals surface area (Å²) in [6.45, 7) is 6.09. The van der Waals surface area contributed by atoms with Gasteiger partial charge in [-0.1, -0.05) is 25.1 Å². The molecule has 1 fully saturated rings. The molecule has 1 aliphatic heterocycles. The Labute approximate surface area is 129 Å². The normalized spacial score (nSPS) is 19.7. The molecule has 1 N–H and O–H groups in total. The van der Waals surface area contributed by atoms with Gasteiger partial charge in [-0.25, -0.2) is 8.42 Å². The van der Waals surface area contributed by atoms with E-state index in [4.69, 9.17) is 0 Å². The molecule has 0 bridgehead atoms. The molecule has 114 valence electrons. The molecule has 1 unspecified atom stereocenters. The van der Waals surface area contributed by atoms with Crippen LogP contribution in [0.25, 0.3) is 10.1 Å². The molecule has 2 aromatic rings. The van der Waals surface area contributed by atoms with Crippen molar-refractivity contribution in [2.45, 2.75) is 30.5 Å². The molecule has 4 nitrogen and oxygen atoms in total. The van der Waals surface area contributed by atoms with Gasteiger partial charge in [-0.3, -0.25) is 0 Å². The number of nitrogens with one attached hydrogen (secondary N) is 1. The van der Waals surface area contributed by atoms with E-state index in [0.717, 1.165) is 35.2 Å². The Kier molecular flexibility index (Phi) is 4.05. The van der Waals surface area contributed by atoms with Crippen LogP contribution in [0.3, 0.4) is 0 Å². The molecule has 1 aromatic carbocycles. The van der Waals surface area contributed by atoms with E-state index in [9.17, 15) is 8.42 Å². The highest BCUT2D eigenvalue weighted by Gasteiger charge is 2.33. The molecule has 3 rings (SSSR count). The van der Waals surface area contributed by atoms with Crippen LogP contribution in [0.1, 0.15) is 18.9 Å². The van der Waals surface area contributed by atoms with E-state index in [1.807, 2.05) is 38.1 Å². The number of hydrogen-bond acceptors (Lipinski definition) is 4. The van der Waals surface area contributed by atoms with Crippen LogP contribution in [0.5, 0.6) is 0 Å². The zero-order valence-electron chi connectivity index (χ0n) is 12.3. The number of likely N-dealkylation sites (N-methyl/N-ethyl adjacent to an activating group) is 1. The minimum Gasteiger partial charge on any atom is -0.315 e. The summed E-state index contributed by atoms with van der Waals surface area (Å²) < 4.78 is 29.1. The lowest BCUT2D eigenvalue weighted by molar-refractivity contribution is 0.349. The maximum atomic E-state index is 12.9. The summed E-state index contributed by atoms with van der Waals surface area (Å²) in [7, 11) is -3.40. The molecule has 21 heavy (non-hydrogen) atoms. The van der Waals surface area contributed by atoms with Crippen molar-refractivity contribution in [3.63, 3.8) is 0 Å². The van der Waals surface area contributed by atoms with Crippen molar-refractivity contribution < 1.29 is 8.42 Å². The summed E-state index contributed by atoms with van der Waals surface area (Å²) in [4.78, 5) is 0. The lowest BCUT2D eigenvalue weighted by Crippen LogP contribution is -2.41. The number of thiophene rings is 1. The van der Waals surface area contributed by atoms with Gasteiger partial charge < -0.3 is 5.32 Å². The second-order valence-corrected chi connectivity index (χ2v) is 8.58. The van der Waals surface area contributed by atoms with Crippen molar-refractivity contribution in [2.24, 2.45) is 0 Å². The lowest BCUT2D eigenvalue weighted by Gasteiger charge is -2.25. The van der Waals surface area contributed by atoms with Gasteiger partial charge in [0.25, 0.3) is 10.0 Å². The van der Waals surface area contributed by atoms with Crippen molar-refractivity contribution in [1.29, 1.82) is 0 Å². The van der Waals surface area contributed by atoms with E-state index in [-0.39, 0.29) is 6.04 Å². The van der Waals surface area contributed by atoms with Gasteiger partial charge in [-0.05, 0) is 36.9 Å². The highest BCUT2D eigenvalue weighted by Crippen LogP contribution is 2.33. The first-order valence-corrected chi connectivity index (χ1v) is 9.51. The quantitative estimate of drug-likeness (QED) is 0.940. The van der Waals surface area contributed by atoms with E-state index in [1.54, 1.807) is 4.31 Å². The standard InChI is InChI=1S/C15H20N2O2S2/c1-3-17(13-7-8-16-10-13)21(18,19)14-9-12-6-4-5-11(2)15(12)20-14/h4-6,9,13,16H,3,7-8,10H2,1-2H3. The summed E-state index contributed by atoms with van der Waals surface area (Å²) in [6.07, 6.45) is 0.886. The Morgan fingerprint density at radius 2 is 2.24 bits per heavy atom. The first-order chi connectivity index (χ1) is 10.0. The molecule has 1 aliphatic rings. The number of rotatable bonds is 4. The molecule has 1 aromatic heterocycles. The predicted molar refractivity (Wildman–Crippen MR) is 87.4 cm³/mol. The van der Waals surface area contributed by atoms with Gasteiger partial charge in [-0.2, -0.15) is 4.31 Å². The third-order valence-electron chi connectivity index (χ3n) is 4.03. The van der Waals surface area contributed by atoms with Gasteiger partial charge in [0.05, 0.1) is 0 Å². The maximum Gasteiger partial charge on any atom is 0.252 e. The van der Waals surface area contributed by atoms with Crippen LogP contribution in [0, 0.1) is 6.92 Å². The number of nitrogens with zero attached hydrogens (tertiary/aromatic N) is 1. The number of fused-ring (bicyclic) bond motifs is 1. The van der Waals surface area contributed by atoms with E-state index < -0.39 is 10.0 Å². The minimum absolute atomic E-state index is 0.0753. The van der Waals surface area contributed by atoms with Crippen LogP contribution in [-0.2, 0) is 10.0 Å². The molecule has 0 spiro atoms. The Hall–Kier alpha value is -0.950. The fraction of sp³-hybridized carbons (Fsp3) is 0.467. The van der Waals surface area contributed by atoms with Crippen LogP contribution in [0.4, 0.5) is 0 Å². The number of hydrogen-bond donors (Lipinski definition) is 1. The fourth-order valence-electron chi connectivity index (χ4n) is 2.94. The summed E-state index contributed by atoms with van der Waals surface area (Å²) in [5.74, 6) is 0. The second-order valence-electron chi connectivity index (χ2n) is 5.41. The average Bonchev–Trinajstić information content (AvgIpc) is 3.08. The predicted octanol–water partition coefficient (Wildman–Crippen LogP) is 2.58. The second kappa shape index (κ2) is 5.68. The Morgan fingerprint density at radius 3 is 2.86 bits per heavy atom.